The van der Waals surface area contributed by atoms with E-state index in [1.807, 2.05) is 18.5 Å². The molecular formula is C21H25N3O. The van der Waals surface area contributed by atoms with Gasteiger partial charge in [-0.3, -0.25) is 9.88 Å². The van der Waals surface area contributed by atoms with Gasteiger partial charge in [0.1, 0.15) is 11.9 Å². The van der Waals surface area contributed by atoms with Gasteiger partial charge >= 0.3 is 0 Å². The van der Waals surface area contributed by atoms with Crippen LogP contribution in [0.4, 0.5) is 0 Å². The van der Waals surface area contributed by atoms with Crippen LogP contribution >= 0.6 is 0 Å². The molecule has 0 atom stereocenters. The molecule has 2 aromatic heterocycles. The van der Waals surface area contributed by atoms with E-state index in [0.717, 1.165) is 38.2 Å². The molecule has 0 amide bonds. The smallest absolute Gasteiger partial charge is 0.123 e. The number of hydrogen-bond acceptors (Lipinski definition) is 3. The quantitative estimate of drug-likeness (QED) is 0.724. The SMILES string of the molecule is Cc1cc2cnccc2cc1OC1CCN(Cc2ccn(C)c2)CC1. The van der Waals surface area contributed by atoms with Crippen molar-refractivity contribution >= 4 is 10.8 Å². The minimum Gasteiger partial charge on any atom is -0.490 e. The number of pyridine rings is 1. The summed E-state index contributed by atoms with van der Waals surface area (Å²) < 4.78 is 8.46. The molecule has 3 aromatic rings. The third-order valence-electron chi connectivity index (χ3n) is 5.06. The van der Waals surface area contributed by atoms with Crippen molar-refractivity contribution in [2.24, 2.45) is 7.05 Å². The summed E-state index contributed by atoms with van der Waals surface area (Å²) in [5, 5.41) is 2.36. The molecule has 0 bridgehead atoms. The number of likely N-dealkylation sites (tertiary alicyclic amines) is 1. The number of aromatic nitrogens is 2. The van der Waals surface area contributed by atoms with Crippen molar-refractivity contribution in [3.63, 3.8) is 0 Å². The Morgan fingerprint density at radius 3 is 2.76 bits per heavy atom. The summed E-state index contributed by atoms with van der Waals surface area (Å²) in [5.74, 6) is 1.01. The molecule has 1 aromatic carbocycles. The number of aryl methyl sites for hydroxylation is 2. The van der Waals surface area contributed by atoms with E-state index in [1.54, 1.807) is 0 Å². The molecule has 0 N–H and O–H groups in total. The summed E-state index contributed by atoms with van der Waals surface area (Å²) in [5.41, 5.74) is 2.58. The summed E-state index contributed by atoms with van der Waals surface area (Å²) in [7, 11) is 2.07. The van der Waals surface area contributed by atoms with Crippen LogP contribution in [0.2, 0.25) is 0 Å². The molecule has 4 heteroatoms. The highest BCUT2D eigenvalue weighted by Gasteiger charge is 2.21. The Kier molecular flexibility index (Phi) is 4.45. The lowest BCUT2D eigenvalue weighted by molar-refractivity contribution is 0.0964. The van der Waals surface area contributed by atoms with E-state index in [-0.39, 0.29) is 0 Å². The normalized spacial score (nSPS) is 16.4. The van der Waals surface area contributed by atoms with E-state index >= 15 is 0 Å². The van der Waals surface area contributed by atoms with Crippen molar-refractivity contribution in [3.05, 3.63) is 60.2 Å². The van der Waals surface area contributed by atoms with Gasteiger partial charge in [-0.05, 0) is 60.5 Å². The Morgan fingerprint density at radius 1 is 1.16 bits per heavy atom. The fraction of sp³-hybridized carbons (Fsp3) is 0.381. The van der Waals surface area contributed by atoms with E-state index in [2.05, 4.69) is 59.0 Å². The Bertz CT molecular complexity index is 862. The largest absolute Gasteiger partial charge is 0.490 e. The molecule has 4 rings (SSSR count). The molecule has 1 fully saturated rings. The average Bonchev–Trinajstić information content (AvgIpc) is 3.02. The minimum absolute atomic E-state index is 0.310. The van der Waals surface area contributed by atoms with E-state index in [4.69, 9.17) is 4.74 Å². The first-order valence-corrected chi connectivity index (χ1v) is 9.01. The molecule has 0 unspecified atom stereocenters. The molecule has 1 aliphatic heterocycles. The minimum atomic E-state index is 0.310. The van der Waals surface area contributed by atoms with Gasteiger partial charge in [-0.2, -0.15) is 0 Å². The molecular weight excluding hydrogens is 310 g/mol. The van der Waals surface area contributed by atoms with Gasteiger partial charge in [0.15, 0.2) is 0 Å². The van der Waals surface area contributed by atoms with Crippen LogP contribution in [0.5, 0.6) is 5.75 Å². The maximum Gasteiger partial charge on any atom is 0.123 e. The third kappa shape index (κ3) is 3.69. The van der Waals surface area contributed by atoms with E-state index < -0.39 is 0 Å². The van der Waals surface area contributed by atoms with Crippen LogP contribution in [0, 0.1) is 6.92 Å². The number of fused-ring (bicyclic) bond motifs is 1. The van der Waals surface area contributed by atoms with Crippen LogP contribution < -0.4 is 4.74 Å². The molecule has 1 aliphatic rings. The molecule has 0 saturated carbocycles. The topological polar surface area (TPSA) is 30.3 Å². The molecule has 4 nitrogen and oxygen atoms in total. The van der Waals surface area contributed by atoms with Crippen LogP contribution in [0.1, 0.15) is 24.0 Å². The summed E-state index contributed by atoms with van der Waals surface area (Å²) in [6, 6.07) is 8.57. The van der Waals surface area contributed by atoms with Gasteiger partial charge in [0.25, 0.3) is 0 Å². The van der Waals surface area contributed by atoms with Gasteiger partial charge in [-0.15, -0.1) is 0 Å². The summed E-state index contributed by atoms with van der Waals surface area (Å²) in [6.45, 7) is 5.34. The molecule has 0 aliphatic carbocycles. The van der Waals surface area contributed by atoms with Gasteiger partial charge in [0.2, 0.25) is 0 Å². The zero-order chi connectivity index (χ0) is 17.2. The lowest BCUT2D eigenvalue weighted by Gasteiger charge is -2.32. The zero-order valence-electron chi connectivity index (χ0n) is 15.0. The number of nitrogens with zero attached hydrogens (tertiary/aromatic N) is 3. The van der Waals surface area contributed by atoms with Crippen LogP contribution in [-0.2, 0) is 13.6 Å². The maximum atomic E-state index is 6.35. The summed E-state index contributed by atoms with van der Waals surface area (Å²) >= 11 is 0. The Labute approximate surface area is 149 Å². The van der Waals surface area contributed by atoms with Crippen LogP contribution in [0.25, 0.3) is 10.8 Å². The Balaban J connectivity index is 1.37. The molecule has 3 heterocycles. The number of rotatable bonds is 4. The van der Waals surface area contributed by atoms with Crippen molar-refractivity contribution < 1.29 is 4.74 Å². The van der Waals surface area contributed by atoms with Crippen molar-refractivity contribution in [2.75, 3.05) is 13.1 Å². The first-order chi connectivity index (χ1) is 12.2. The van der Waals surface area contributed by atoms with E-state index in [1.165, 1.54) is 21.9 Å². The predicted octanol–water partition coefficient (Wildman–Crippen LogP) is 3.93. The monoisotopic (exact) mass is 335 g/mol. The summed E-state index contributed by atoms with van der Waals surface area (Å²) in [4.78, 5) is 6.72. The van der Waals surface area contributed by atoms with Crippen LogP contribution in [-0.4, -0.2) is 33.6 Å². The Morgan fingerprint density at radius 2 is 2.00 bits per heavy atom. The number of benzene rings is 1. The fourth-order valence-corrected chi connectivity index (χ4v) is 3.63. The van der Waals surface area contributed by atoms with Gasteiger partial charge in [0, 0.05) is 56.9 Å². The number of ether oxygens (including phenoxy) is 1. The van der Waals surface area contributed by atoms with E-state index in [0.29, 0.717) is 6.10 Å². The Hall–Kier alpha value is -2.33. The van der Waals surface area contributed by atoms with Crippen molar-refractivity contribution in [2.45, 2.75) is 32.4 Å². The number of hydrogen-bond donors (Lipinski definition) is 0. The molecule has 25 heavy (non-hydrogen) atoms. The van der Waals surface area contributed by atoms with Crippen molar-refractivity contribution in [1.82, 2.24) is 14.5 Å². The van der Waals surface area contributed by atoms with Crippen molar-refractivity contribution in [3.8, 4) is 5.75 Å². The lowest BCUT2D eigenvalue weighted by Crippen LogP contribution is -2.37. The molecule has 1 saturated heterocycles. The highest BCUT2D eigenvalue weighted by Crippen LogP contribution is 2.28. The van der Waals surface area contributed by atoms with Gasteiger partial charge in [0.05, 0.1) is 0 Å². The summed E-state index contributed by atoms with van der Waals surface area (Å²) in [6.07, 6.45) is 10.5. The second-order valence-electron chi connectivity index (χ2n) is 7.12. The predicted molar refractivity (Wildman–Crippen MR) is 101 cm³/mol. The molecule has 0 radical (unpaired) electrons. The highest BCUT2D eigenvalue weighted by atomic mass is 16.5. The second-order valence-corrected chi connectivity index (χ2v) is 7.12. The van der Waals surface area contributed by atoms with Crippen LogP contribution in [0.15, 0.2) is 49.1 Å². The van der Waals surface area contributed by atoms with Crippen molar-refractivity contribution in [1.29, 1.82) is 0 Å². The first-order valence-electron chi connectivity index (χ1n) is 9.01. The average molecular weight is 335 g/mol. The molecule has 0 spiro atoms. The molecule has 130 valence electrons. The van der Waals surface area contributed by atoms with Crippen LogP contribution in [0.3, 0.4) is 0 Å². The van der Waals surface area contributed by atoms with E-state index in [9.17, 15) is 0 Å². The standard InChI is InChI=1S/C21H25N3O/c1-16-11-19-13-22-7-3-18(19)12-21(16)25-20-5-9-24(10-6-20)15-17-4-8-23(2)14-17/h3-4,7-8,11-14,20H,5-6,9-10,15H2,1-2H3. The third-order valence-corrected chi connectivity index (χ3v) is 5.06. The zero-order valence-corrected chi connectivity index (χ0v) is 15.0. The highest BCUT2D eigenvalue weighted by molar-refractivity contribution is 5.84. The van der Waals surface area contributed by atoms with Gasteiger partial charge in [-0.1, -0.05) is 0 Å². The number of piperidine rings is 1. The first kappa shape index (κ1) is 16.2. The van der Waals surface area contributed by atoms with Gasteiger partial charge < -0.3 is 9.30 Å². The second kappa shape index (κ2) is 6.89. The maximum absolute atomic E-state index is 6.35. The van der Waals surface area contributed by atoms with Gasteiger partial charge in [-0.25, -0.2) is 0 Å². The fourth-order valence-electron chi connectivity index (χ4n) is 3.63. The lowest BCUT2D eigenvalue weighted by atomic mass is 10.1.